The van der Waals surface area contributed by atoms with Crippen molar-refractivity contribution in [3.05, 3.63) is 64.1 Å². The molecule has 0 amide bonds. The van der Waals surface area contributed by atoms with Gasteiger partial charge < -0.3 is 5.11 Å². The summed E-state index contributed by atoms with van der Waals surface area (Å²) < 4.78 is 3.24. The molecule has 0 unspecified atom stereocenters. The number of aryl methyl sites for hydroxylation is 1. The summed E-state index contributed by atoms with van der Waals surface area (Å²) in [6.45, 7) is 3.60. The Morgan fingerprint density at radius 1 is 1.12 bits per heavy atom. The number of β-amino-alcohol motifs (C(OH)–C–C–N with tert-alkyl or cyclic N) is 1. The monoisotopic (exact) mass is 385 g/mol. The Bertz CT molecular complexity index is 800. The fourth-order valence-corrected chi connectivity index (χ4v) is 4.16. The molecule has 0 saturated carbocycles. The summed E-state index contributed by atoms with van der Waals surface area (Å²) in [7, 11) is 0. The van der Waals surface area contributed by atoms with Gasteiger partial charge >= 0.3 is 0 Å². The molecule has 0 aromatic heterocycles. The highest BCUT2D eigenvalue weighted by molar-refractivity contribution is 9.10. The normalized spacial score (nSPS) is 23.5. The van der Waals surface area contributed by atoms with Crippen LogP contribution in [0.3, 0.4) is 0 Å². The van der Waals surface area contributed by atoms with E-state index in [9.17, 15) is 5.11 Å². The van der Waals surface area contributed by atoms with Gasteiger partial charge in [-0.2, -0.15) is 0 Å². The summed E-state index contributed by atoms with van der Waals surface area (Å²) in [6, 6.07) is 16.6. The minimum absolute atomic E-state index is 0.577. The largest absolute Gasteiger partial charge is 0.346 e. The second kappa shape index (κ2) is 6.01. The maximum Gasteiger partial charge on any atom is 0.271 e. The van der Waals surface area contributed by atoms with Crippen molar-refractivity contribution < 1.29 is 9.68 Å². The third kappa shape index (κ3) is 2.58. The summed E-state index contributed by atoms with van der Waals surface area (Å²) in [5.74, 6) is 1.25. The van der Waals surface area contributed by atoms with E-state index in [2.05, 4.69) is 56.6 Å². The lowest BCUT2D eigenvalue weighted by Crippen LogP contribution is -2.41. The second-order valence-corrected chi connectivity index (χ2v) is 7.69. The van der Waals surface area contributed by atoms with Crippen molar-refractivity contribution in [2.45, 2.75) is 31.9 Å². The summed E-state index contributed by atoms with van der Waals surface area (Å²) in [5, 5.41) is 11.6. The first-order chi connectivity index (χ1) is 11.6. The molecule has 124 valence electrons. The Morgan fingerprint density at radius 2 is 1.92 bits per heavy atom. The Balaban J connectivity index is 1.80. The molecule has 1 atom stereocenters. The van der Waals surface area contributed by atoms with Crippen LogP contribution >= 0.6 is 15.9 Å². The summed E-state index contributed by atoms with van der Waals surface area (Å²) in [4.78, 5) is 2.30. The SMILES string of the molecule is Cc1cccc(N2C[C@](O)(c3ccc(Br)cc3)[N+]3=C2CCCC3)c1. The molecule has 24 heavy (non-hydrogen) atoms. The summed E-state index contributed by atoms with van der Waals surface area (Å²) in [5.41, 5.74) is 2.42. The van der Waals surface area contributed by atoms with Gasteiger partial charge in [-0.15, -0.1) is 0 Å². The highest BCUT2D eigenvalue weighted by Gasteiger charge is 2.52. The van der Waals surface area contributed by atoms with Crippen molar-refractivity contribution in [2.24, 2.45) is 0 Å². The number of rotatable bonds is 2. The van der Waals surface area contributed by atoms with E-state index in [0.717, 1.165) is 29.4 Å². The van der Waals surface area contributed by atoms with Gasteiger partial charge in [-0.3, -0.25) is 0 Å². The van der Waals surface area contributed by atoms with E-state index >= 15 is 0 Å². The highest BCUT2D eigenvalue weighted by atomic mass is 79.9. The number of anilines is 1. The van der Waals surface area contributed by atoms with Gasteiger partial charge in [0.2, 0.25) is 0 Å². The fourth-order valence-electron chi connectivity index (χ4n) is 3.89. The first-order valence-electron chi connectivity index (χ1n) is 8.54. The van der Waals surface area contributed by atoms with Gasteiger partial charge in [0.15, 0.2) is 6.54 Å². The van der Waals surface area contributed by atoms with Crippen molar-refractivity contribution >= 4 is 27.5 Å². The van der Waals surface area contributed by atoms with Crippen molar-refractivity contribution in [1.29, 1.82) is 0 Å². The van der Waals surface area contributed by atoms with Crippen LogP contribution in [0.5, 0.6) is 0 Å². The molecule has 2 aromatic rings. The predicted octanol–water partition coefficient (Wildman–Crippen LogP) is 4.02. The maximum atomic E-state index is 11.6. The van der Waals surface area contributed by atoms with Gasteiger partial charge in [-0.05, 0) is 49.6 Å². The van der Waals surface area contributed by atoms with Crippen LogP contribution in [0.2, 0.25) is 0 Å². The van der Waals surface area contributed by atoms with Crippen molar-refractivity contribution in [1.82, 2.24) is 0 Å². The topological polar surface area (TPSA) is 26.5 Å². The van der Waals surface area contributed by atoms with Gasteiger partial charge in [0.05, 0.1) is 6.54 Å². The third-order valence-electron chi connectivity index (χ3n) is 5.10. The molecule has 0 spiro atoms. The van der Waals surface area contributed by atoms with Crippen molar-refractivity contribution in [3.8, 4) is 0 Å². The quantitative estimate of drug-likeness (QED) is 0.790. The van der Waals surface area contributed by atoms with Crippen LogP contribution in [0, 0.1) is 6.92 Å². The van der Waals surface area contributed by atoms with Crippen molar-refractivity contribution in [3.63, 3.8) is 0 Å². The number of amidine groups is 1. The third-order valence-corrected chi connectivity index (χ3v) is 5.63. The smallest absolute Gasteiger partial charge is 0.271 e. The molecule has 3 nitrogen and oxygen atoms in total. The molecular formula is C20H22BrN2O+. The standard InChI is InChI=1S/C20H22BrN2O/c1-15-5-4-6-18(13-15)22-14-20(24,16-8-10-17(21)11-9-16)23-12-3-2-7-19(22)23/h4-6,8-11,13,24H,2-3,7,12,14H2,1H3/q+1/t20-/m0/s1. The van der Waals surface area contributed by atoms with Crippen LogP contribution in [-0.2, 0) is 5.72 Å². The van der Waals surface area contributed by atoms with Crippen LogP contribution in [0.1, 0.15) is 30.4 Å². The van der Waals surface area contributed by atoms with Gasteiger partial charge in [0.1, 0.15) is 5.69 Å². The van der Waals surface area contributed by atoms with Crippen LogP contribution in [0.25, 0.3) is 0 Å². The predicted molar refractivity (Wildman–Crippen MR) is 101 cm³/mol. The minimum atomic E-state index is -0.958. The number of aliphatic hydroxyl groups is 1. The Hall–Kier alpha value is -1.65. The Kier molecular flexibility index (Phi) is 3.97. The summed E-state index contributed by atoms with van der Waals surface area (Å²) in [6.07, 6.45) is 3.33. The molecule has 0 radical (unpaired) electrons. The van der Waals surface area contributed by atoms with E-state index in [-0.39, 0.29) is 0 Å². The molecule has 1 N–H and O–H groups in total. The molecule has 0 bridgehead atoms. The first-order valence-corrected chi connectivity index (χ1v) is 9.33. The summed E-state index contributed by atoms with van der Waals surface area (Å²) >= 11 is 3.49. The van der Waals surface area contributed by atoms with Gasteiger partial charge in [0, 0.05) is 16.5 Å². The van der Waals surface area contributed by atoms with Crippen molar-refractivity contribution in [2.75, 3.05) is 18.0 Å². The average Bonchev–Trinajstić information content (AvgIpc) is 2.90. The van der Waals surface area contributed by atoms with Gasteiger partial charge in [0.25, 0.3) is 11.6 Å². The highest BCUT2D eigenvalue weighted by Crippen LogP contribution is 2.36. The van der Waals surface area contributed by atoms with Gasteiger partial charge in [-0.25, -0.2) is 9.48 Å². The number of nitrogens with zero attached hydrogens (tertiary/aromatic N) is 2. The molecule has 2 aliphatic rings. The maximum absolute atomic E-state index is 11.6. The fraction of sp³-hybridized carbons (Fsp3) is 0.350. The van der Waals surface area contributed by atoms with E-state index in [0.29, 0.717) is 6.54 Å². The molecule has 2 heterocycles. The van der Waals surface area contributed by atoms with Crippen LogP contribution in [0.15, 0.2) is 53.0 Å². The van der Waals surface area contributed by atoms with Crippen LogP contribution in [-0.4, -0.2) is 28.6 Å². The molecule has 0 saturated heterocycles. The van der Waals surface area contributed by atoms with E-state index in [1.807, 2.05) is 24.3 Å². The molecule has 0 aliphatic carbocycles. The Labute approximate surface area is 151 Å². The first kappa shape index (κ1) is 15.9. The lowest BCUT2D eigenvalue weighted by Gasteiger charge is -2.24. The number of hydrogen-bond donors (Lipinski definition) is 1. The van der Waals surface area contributed by atoms with Crippen LogP contribution < -0.4 is 4.90 Å². The molecule has 4 heteroatoms. The number of halogens is 1. The number of hydrogen-bond acceptors (Lipinski definition) is 2. The Morgan fingerprint density at radius 3 is 2.67 bits per heavy atom. The van der Waals surface area contributed by atoms with E-state index in [1.54, 1.807) is 0 Å². The second-order valence-electron chi connectivity index (χ2n) is 6.77. The molecule has 4 rings (SSSR count). The molecule has 0 fully saturated rings. The number of benzene rings is 2. The molecule has 2 aliphatic heterocycles. The molecule has 2 aromatic carbocycles. The minimum Gasteiger partial charge on any atom is -0.346 e. The van der Waals surface area contributed by atoms with E-state index in [4.69, 9.17) is 0 Å². The lowest BCUT2D eigenvalue weighted by molar-refractivity contribution is -0.661. The lowest BCUT2D eigenvalue weighted by atomic mass is 10.0. The van der Waals surface area contributed by atoms with Gasteiger partial charge in [-0.1, -0.05) is 40.2 Å². The zero-order chi connectivity index (χ0) is 16.7. The average molecular weight is 386 g/mol. The van der Waals surface area contributed by atoms with E-state index < -0.39 is 5.72 Å². The van der Waals surface area contributed by atoms with Crippen LogP contribution in [0.4, 0.5) is 5.69 Å². The molecular weight excluding hydrogens is 364 g/mol. The zero-order valence-electron chi connectivity index (χ0n) is 13.9. The van der Waals surface area contributed by atoms with E-state index in [1.165, 1.54) is 23.5 Å². The zero-order valence-corrected chi connectivity index (χ0v) is 15.5.